The van der Waals surface area contributed by atoms with Gasteiger partial charge in [0.15, 0.2) is 0 Å². The summed E-state index contributed by atoms with van der Waals surface area (Å²) >= 11 is 0. The van der Waals surface area contributed by atoms with Crippen molar-refractivity contribution in [2.24, 2.45) is 0 Å². The summed E-state index contributed by atoms with van der Waals surface area (Å²) in [6, 6.07) is 6.02. The Bertz CT molecular complexity index is 460. The van der Waals surface area contributed by atoms with Crippen molar-refractivity contribution in [1.29, 1.82) is 0 Å². The van der Waals surface area contributed by atoms with E-state index in [2.05, 4.69) is 12.2 Å². The molecule has 5 heteroatoms. The van der Waals surface area contributed by atoms with E-state index >= 15 is 0 Å². The van der Waals surface area contributed by atoms with Gasteiger partial charge in [0.25, 0.3) is 0 Å². The fourth-order valence-electron chi connectivity index (χ4n) is 1.89. The van der Waals surface area contributed by atoms with E-state index in [1.54, 1.807) is 17.0 Å². The zero-order valence-corrected chi connectivity index (χ0v) is 12.7. The van der Waals surface area contributed by atoms with Crippen LogP contribution in [0.15, 0.2) is 24.3 Å². The first-order chi connectivity index (χ1) is 10.0. The van der Waals surface area contributed by atoms with E-state index in [0.29, 0.717) is 19.6 Å². The maximum absolute atomic E-state index is 12.9. The average molecular weight is 294 g/mol. The summed E-state index contributed by atoms with van der Waals surface area (Å²) in [5.74, 6) is -0.446. The maximum atomic E-state index is 12.9. The quantitative estimate of drug-likeness (QED) is 0.749. The molecule has 0 spiro atoms. The van der Waals surface area contributed by atoms with Gasteiger partial charge in [0.2, 0.25) is 11.8 Å². The number of nitrogens with zero attached hydrogens (tertiary/aromatic N) is 1. The van der Waals surface area contributed by atoms with Gasteiger partial charge in [-0.1, -0.05) is 25.5 Å². The molecule has 2 amide bonds. The number of amides is 2. The standard InChI is InChI=1S/C16H23FN2O2/c1-3-4-10-18-16(21)9-11-19(13(2)20)12-14-5-7-15(17)8-6-14/h5-8H,3-4,9-12H2,1-2H3,(H,18,21). The SMILES string of the molecule is CCCCNC(=O)CCN(Cc1ccc(F)cc1)C(C)=O. The molecule has 0 bridgehead atoms. The van der Waals surface area contributed by atoms with Crippen LogP contribution in [0.3, 0.4) is 0 Å². The summed E-state index contributed by atoms with van der Waals surface area (Å²) in [6.45, 7) is 4.96. The van der Waals surface area contributed by atoms with Gasteiger partial charge in [0, 0.05) is 33.0 Å². The van der Waals surface area contributed by atoms with Gasteiger partial charge in [0.1, 0.15) is 5.82 Å². The number of nitrogens with one attached hydrogen (secondary N) is 1. The second-order valence-electron chi connectivity index (χ2n) is 5.02. The van der Waals surface area contributed by atoms with Crippen molar-refractivity contribution in [3.8, 4) is 0 Å². The zero-order chi connectivity index (χ0) is 15.7. The Kier molecular flexibility index (Phi) is 7.43. The lowest BCUT2D eigenvalue weighted by atomic mass is 10.2. The van der Waals surface area contributed by atoms with Crippen molar-refractivity contribution in [2.75, 3.05) is 13.1 Å². The number of hydrogen-bond donors (Lipinski definition) is 1. The van der Waals surface area contributed by atoms with Crippen LogP contribution in [-0.4, -0.2) is 29.8 Å². The molecule has 0 saturated carbocycles. The molecule has 0 atom stereocenters. The maximum Gasteiger partial charge on any atom is 0.221 e. The monoisotopic (exact) mass is 294 g/mol. The number of hydrogen-bond acceptors (Lipinski definition) is 2. The highest BCUT2D eigenvalue weighted by Crippen LogP contribution is 2.07. The smallest absolute Gasteiger partial charge is 0.221 e. The average Bonchev–Trinajstić information content (AvgIpc) is 2.45. The molecule has 0 aliphatic carbocycles. The van der Waals surface area contributed by atoms with Crippen molar-refractivity contribution in [2.45, 2.75) is 39.7 Å². The predicted octanol–water partition coefficient (Wildman–Crippen LogP) is 2.48. The Morgan fingerprint density at radius 2 is 1.90 bits per heavy atom. The van der Waals surface area contributed by atoms with Crippen molar-refractivity contribution in [3.05, 3.63) is 35.6 Å². The Hall–Kier alpha value is -1.91. The third kappa shape index (κ3) is 6.88. The Morgan fingerprint density at radius 1 is 1.24 bits per heavy atom. The topological polar surface area (TPSA) is 49.4 Å². The van der Waals surface area contributed by atoms with E-state index in [1.807, 2.05) is 0 Å². The molecule has 1 aromatic carbocycles. The van der Waals surface area contributed by atoms with Gasteiger partial charge in [-0.2, -0.15) is 0 Å². The molecule has 0 radical (unpaired) electrons. The molecule has 0 saturated heterocycles. The minimum Gasteiger partial charge on any atom is -0.356 e. The largest absolute Gasteiger partial charge is 0.356 e. The molecule has 0 aliphatic heterocycles. The Labute approximate surface area is 125 Å². The molecule has 0 aromatic heterocycles. The van der Waals surface area contributed by atoms with Crippen LogP contribution in [0, 0.1) is 5.82 Å². The first kappa shape index (κ1) is 17.1. The van der Waals surface area contributed by atoms with Gasteiger partial charge in [0.05, 0.1) is 0 Å². The first-order valence-electron chi connectivity index (χ1n) is 7.29. The van der Waals surface area contributed by atoms with Crippen LogP contribution in [0.1, 0.15) is 38.7 Å². The fourth-order valence-corrected chi connectivity index (χ4v) is 1.89. The van der Waals surface area contributed by atoms with Gasteiger partial charge in [-0.05, 0) is 24.1 Å². The molecule has 0 heterocycles. The summed E-state index contributed by atoms with van der Waals surface area (Å²) in [4.78, 5) is 24.8. The van der Waals surface area contributed by atoms with E-state index in [1.165, 1.54) is 19.1 Å². The third-order valence-corrected chi connectivity index (χ3v) is 3.19. The molecule has 1 aromatic rings. The van der Waals surface area contributed by atoms with Crippen molar-refractivity contribution in [3.63, 3.8) is 0 Å². The van der Waals surface area contributed by atoms with Gasteiger partial charge in [-0.15, -0.1) is 0 Å². The van der Waals surface area contributed by atoms with Crippen molar-refractivity contribution >= 4 is 11.8 Å². The number of unbranched alkanes of at least 4 members (excludes halogenated alkanes) is 1. The Morgan fingerprint density at radius 3 is 2.48 bits per heavy atom. The second-order valence-corrected chi connectivity index (χ2v) is 5.02. The van der Waals surface area contributed by atoms with Crippen molar-refractivity contribution < 1.29 is 14.0 Å². The van der Waals surface area contributed by atoms with Gasteiger partial charge in [-0.25, -0.2) is 4.39 Å². The van der Waals surface area contributed by atoms with Gasteiger partial charge >= 0.3 is 0 Å². The third-order valence-electron chi connectivity index (χ3n) is 3.19. The number of halogens is 1. The zero-order valence-electron chi connectivity index (χ0n) is 12.7. The van der Waals surface area contributed by atoms with Crippen LogP contribution in [0.2, 0.25) is 0 Å². The number of rotatable bonds is 8. The lowest BCUT2D eigenvalue weighted by Gasteiger charge is -2.21. The van der Waals surface area contributed by atoms with Gasteiger partial charge in [-0.3, -0.25) is 9.59 Å². The fraction of sp³-hybridized carbons (Fsp3) is 0.500. The van der Waals surface area contributed by atoms with Crippen LogP contribution in [0.25, 0.3) is 0 Å². The molecular formula is C16H23FN2O2. The summed E-state index contributed by atoms with van der Waals surface area (Å²) < 4.78 is 12.9. The summed E-state index contributed by atoms with van der Waals surface area (Å²) in [5, 5.41) is 2.82. The second kappa shape index (κ2) is 9.10. The van der Waals surface area contributed by atoms with E-state index in [4.69, 9.17) is 0 Å². The highest BCUT2D eigenvalue weighted by atomic mass is 19.1. The molecule has 1 N–H and O–H groups in total. The summed E-state index contributed by atoms with van der Waals surface area (Å²) in [6.07, 6.45) is 2.27. The highest BCUT2D eigenvalue weighted by molar-refractivity contribution is 5.77. The molecular weight excluding hydrogens is 271 g/mol. The highest BCUT2D eigenvalue weighted by Gasteiger charge is 2.11. The van der Waals surface area contributed by atoms with E-state index in [9.17, 15) is 14.0 Å². The van der Waals surface area contributed by atoms with Crippen LogP contribution in [0.5, 0.6) is 0 Å². The molecule has 21 heavy (non-hydrogen) atoms. The molecule has 0 fully saturated rings. The van der Waals surface area contributed by atoms with Gasteiger partial charge < -0.3 is 10.2 Å². The van der Waals surface area contributed by atoms with Crippen LogP contribution in [0.4, 0.5) is 4.39 Å². The van der Waals surface area contributed by atoms with Crippen molar-refractivity contribution in [1.82, 2.24) is 10.2 Å². The minimum atomic E-state index is -0.302. The number of carbonyl (C=O) groups excluding carboxylic acids is 2. The first-order valence-corrected chi connectivity index (χ1v) is 7.29. The number of benzene rings is 1. The summed E-state index contributed by atoms with van der Waals surface area (Å²) in [5.41, 5.74) is 0.845. The van der Waals surface area contributed by atoms with E-state index in [0.717, 1.165) is 18.4 Å². The van der Waals surface area contributed by atoms with Crippen LogP contribution in [-0.2, 0) is 16.1 Å². The number of carbonyl (C=O) groups is 2. The van der Waals surface area contributed by atoms with E-state index in [-0.39, 0.29) is 24.1 Å². The molecule has 4 nitrogen and oxygen atoms in total. The van der Waals surface area contributed by atoms with Crippen LogP contribution >= 0.6 is 0 Å². The minimum absolute atomic E-state index is 0.0474. The normalized spacial score (nSPS) is 10.2. The molecule has 1 rings (SSSR count). The lowest BCUT2D eigenvalue weighted by Crippen LogP contribution is -2.33. The summed E-state index contributed by atoms with van der Waals surface area (Å²) in [7, 11) is 0. The van der Waals surface area contributed by atoms with E-state index < -0.39 is 0 Å². The molecule has 0 unspecified atom stereocenters. The lowest BCUT2D eigenvalue weighted by molar-refractivity contribution is -0.130. The molecule has 0 aliphatic rings. The Balaban J connectivity index is 2.45. The molecule has 116 valence electrons. The predicted molar refractivity (Wildman–Crippen MR) is 80.0 cm³/mol. The van der Waals surface area contributed by atoms with Crippen LogP contribution < -0.4 is 5.32 Å².